The lowest BCUT2D eigenvalue weighted by Gasteiger charge is -2.37. The minimum absolute atomic E-state index is 0.205. The number of halogens is 3. The zero-order valence-electron chi connectivity index (χ0n) is 14.1. The van der Waals surface area contributed by atoms with Gasteiger partial charge < -0.3 is 5.32 Å². The average molecular weight is 372 g/mol. The molecule has 2 heterocycles. The van der Waals surface area contributed by atoms with E-state index in [-0.39, 0.29) is 24.9 Å². The van der Waals surface area contributed by atoms with Crippen LogP contribution in [0.2, 0.25) is 0 Å². The highest BCUT2D eigenvalue weighted by Crippen LogP contribution is 2.26. The Kier molecular flexibility index (Phi) is 6.52. The molecule has 2 saturated heterocycles. The molecule has 0 aromatic carbocycles. The van der Waals surface area contributed by atoms with Gasteiger partial charge in [0.25, 0.3) is 10.2 Å². The van der Waals surface area contributed by atoms with E-state index >= 15 is 0 Å². The Balaban J connectivity index is 2.01. The normalized spacial score (nSPS) is 29.5. The SMILES string of the molecule is CC1CC(C)CN(S(=O)(=O)NCC(N2CCNCC2)C(F)(F)F)C1. The molecule has 24 heavy (non-hydrogen) atoms. The molecule has 2 fully saturated rings. The van der Waals surface area contributed by atoms with Gasteiger partial charge in [-0.2, -0.15) is 25.9 Å². The molecule has 0 spiro atoms. The van der Waals surface area contributed by atoms with Gasteiger partial charge in [-0.05, 0) is 18.3 Å². The summed E-state index contributed by atoms with van der Waals surface area (Å²) in [5.74, 6) is 0.411. The van der Waals surface area contributed by atoms with Crippen LogP contribution in [0.25, 0.3) is 0 Å². The van der Waals surface area contributed by atoms with Gasteiger partial charge in [-0.1, -0.05) is 13.8 Å². The molecule has 2 N–H and O–H groups in total. The molecule has 0 saturated carbocycles. The smallest absolute Gasteiger partial charge is 0.314 e. The topological polar surface area (TPSA) is 64.7 Å². The maximum Gasteiger partial charge on any atom is 0.405 e. The van der Waals surface area contributed by atoms with Gasteiger partial charge in [-0.15, -0.1) is 0 Å². The Labute approximate surface area is 141 Å². The van der Waals surface area contributed by atoms with Gasteiger partial charge in [-0.3, -0.25) is 4.90 Å². The van der Waals surface area contributed by atoms with Crippen molar-refractivity contribution in [3.8, 4) is 0 Å². The molecule has 0 aliphatic carbocycles. The first-order valence-corrected chi connectivity index (χ1v) is 9.80. The molecule has 0 amide bonds. The van der Waals surface area contributed by atoms with Crippen LogP contribution in [-0.4, -0.2) is 75.7 Å². The minimum atomic E-state index is -4.47. The first-order valence-electron chi connectivity index (χ1n) is 8.36. The number of hydrogen-bond acceptors (Lipinski definition) is 4. The Hall–Kier alpha value is -0.420. The van der Waals surface area contributed by atoms with E-state index in [9.17, 15) is 21.6 Å². The van der Waals surface area contributed by atoms with E-state index in [0.29, 0.717) is 26.2 Å². The summed E-state index contributed by atoms with van der Waals surface area (Å²) in [6, 6.07) is -1.80. The Morgan fingerprint density at radius 3 is 2.21 bits per heavy atom. The highest BCUT2D eigenvalue weighted by atomic mass is 32.2. The van der Waals surface area contributed by atoms with E-state index < -0.39 is 29.0 Å². The third-order valence-electron chi connectivity index (χ3n) is 4.60. The second-order valence-electron chi connectivity index (χ2n) is 6.96. The fourth-order valence-corrected chi connectivity index (χ4v) is 4.98. The summed E-state index contributed by atoms with van der Waals surface area (Å²) in [4.78, 5) is 1.29. The van der Waals surface area contributed by atoms with E-state index in [1.54, 1.807) is 0 Å². The summed E-state index contributed by atoms with van der Waals surface area (Å²) in [5.41, 5.74) is 0. The maximum absolute atomic E-state index is 13.3. The molecular formula is C14H27F3N4O2S. The van der Waals surface area contributed by atoms with Crippen molar-refractivity contribution >= 4 is 10.2 Å². The number of alkyl halides is 3. The van der Waals surface area contributed by atoms with Crippen molar-refractivity contribution < 1.29 is 21.6 Å². The zero-order chi connectivity index (χ0) is 18.0. The minimum Gasteiger partial charge on any atom is -0.314 e. The first-order chi connectivity index (χ1) is 11.1. The highest BCUT2D eigenvalue weighted by molar-refractivity contribution is 7.87. The van der Waals surface area contributed by atoms with Crippen LogP contribution in [0.4, 0.5) is 13.2 Å². The Morgan fingerprint density at radius 1 is 1.17 bits per heavy atom. The van der Waals surface area contributed by atoms with Gasteiger partial charge >= 0.3 is 6.18 Å². The standard InChI is InChI=1S/C14H27F3N4O2S/c1-11-7-12(2)10-21(9-11)24(22,23)19-8-13(14(15,16)17)20-5-3-18-4-6-20/h11-13,18-19H,3-10H2,1-2H3. The number of nitrogens with one attached hydrogen (secondary N) is 2. The molecule has 3 unspecified atom stereocenters. The monoisotopic (exact) mass is 372 g/mol. The third-order valence-corrected chi connectivity index (χ3v) is 6.11. The number of piperidine rings is 1. The fraction of sp³-hybridized carbons (Fsp3) is 1.00. The summed E-state index contributed by atoms with van der Waals surface area (Å²) in [6.07, 6.45) is -3.54. The Morgan fingerprint density at radius 2 is 1.71 bits per heavy atom. The summed E-state index contributed by atoms with van der Waals surface area (Å²) in [7, 11) is -3.90. The molecule has 0 radical (unpaired) electrons. The molecule has 2 aliphatic rings. The molecule has 0 aromatic heterocycles. The molecule has 2 rings (SSSR count). The van der Waals surface area contributed by atoms with Crippen molar-refractivity contribution in [1.29, 1.82) is 0 Å². The molecule has 3 atom stereocenters. The fourth-order valence-electron chi connectivity index (χ4n) is 3.52. The van der Waals surface area contributed by atoms with Crippen molar-refractivity contribution in [3.05, 3.63) is 0 Å². The molecule has 10 heteroatoms. The van der Waals surface area contributed by atoms with Crippen molar-refractivity contribution in [1.82, 2.24) is 19.2 Å². The highest BCUT2D eigenvalue weighted by Gasteiger charge is 2.44. The predicted octanol–water partition coefficient (Wildman–Crippen LogP) is 0.635. The molecule has 6 nitrogen and oxygen atoms in total. The van der Waals surface area contributed by atoms with Crippen LogP contribution < -0.4 is 10.0 Å². The molecular weight excluding hydrogens is 345 g/mol. The van der Waals surface area contributed by atoms with E-state index in [1.807, 2.05) is 13.8 Å². The lowest BCUT2D eigenvalue weighted by Crippen LogP contribution is -2.58. The van der Waals surface area contributed by atoms with Gasteiger partial charge in [0.15, 0.2) is 0 Å². The quantitative estimate of drug-likeness (QED) is 0.743. The van der Waals surface area contributed by atoms with Crippen LogP contribution in [-0.2, 0) is 10.2 Å². The average Bonchev–Trinajstić information content (AvgIpc) is 2.46. The van der Waals surface area contributed by atoms with E-state index in [0.717, 1.165) is 6.42 Å². The third kappa shape index (κ3) is 5.29. The lowest BCUT2D eigenvalue weighted by atomic mass is 9.94. The second-order valence-corrected chi connectivity index (χ2v) is 8.72. The Bertz CT molecular complexity index is 499. The van der Waals surface area contributed by atoms with Crippen molar-refractivity contribution in [2.24, 2.45) is 11.8 Å². The maximum atomic E-state index is 13.3. The van der Waals surface area contributed by atoms with Gasteiger partial charge in [0, 0.05) is 45.8 Å². The van der Waals surface area contributed by atoms with Gasteiger partial charge in [-0.25, -0.2) is 4.72 Å². The molecule has 0 bridgehead atoms. The largest absolute Gasteiger partial charge is 0.405 e. The summed E-state index contributed by atoms with van der Waals surface area (Å²) in [6.45, 7) is 5.42. The summed E-state index contributed by atoms with van der Waals surface area (Å²) in [5, 5.41) is 3.00. The number of piperazine rings is 1. The summed E-state index contributed by atoms with van der Waals surface area (Å²) < 4.78 is 68.3. The van der Waals surface area contributed by atoms with Crippen molar-refractivity contribution in [3.63, 3.8) is 0 Å². The lowest BCUT2D eigenvalue weighted by molar-refractivity contribution is -0.182. The van der Waals surface area contributed by atoms with Crippen LogP contribution in [0.15, 0.2) is 0 Å². The molecule has 0 aromatic rings. The van der Waals surface area contributed by atoms with Gasteiger partial charge in [0.2, 0.25) is 0 Å². The van der Waals surface area contributed by atoms with Crippen LogP contribution in [0.3, 0.4) is 0 Å². The van der Waals surface area contributed by atoms with Crippen molar-refractivity contribution in [2.45, 2.75) is 32.5 Å². The summed E-state index contributed by atoms with van der Waals surface area (Å²) >= 11 is 0. The number of rotatable bonds is 5. The molecule has 142 valence electrons. The van der Waals surface area contributed by atoms with Crippen LogP contribution in [0.5, 0.6) is 0 Å². The number of nitrogens with zero attached hydrogens (tertiary/aromatic N) is 2. The van der Waals surface area contributed by atoms with E-state index in [2.05, 4.69) is 10.0 Å². The zero-order valence-corrected chi connectivity index (χ0v) is 15.0. The van der Waals surface area contributed by atoms with E-state index in [4.69, 9.17) is 0 Å². The van der Waals surface area contributed by atoms with Crippen LogP contribution in [0, 0.1) is 11.8 Å². The number of hydrogen-bond donors (Lipinski definition) is 2. The van der Waals surface area contributed by atoms with Gasteiger partial charge in [0.1, 0.15) is 6.04 Å². The van der Waals surface area contributed by atoms with Crippen LogP contribution >= 0.6 is 0 Å². The van der Waals surface area contributed by atoms with Crippen molar-refractivity contribution in [2.75, 3.05) is 45.8 Å². The predicted molar refractivity (Wildman–Crippen MR) is 85.7 cm³/mol. The van der Waals surface area contributed by atoms with E-state index in [1.165, 1.54) is 9.21 Å². The second kappa shape index (κ2) is 7.86. The van der Waals surface area contributed by atoms with Crippen LogP contribution in [0.1, 0.15) is 20.3 Å². The molecule has 2 aliphatic heterocycles. The van der Waals surface area contributed by atoms with Gasteiger partial charge in [0.05, 0.1) is 0 Å². The first kappa shape index (κ1) is 19.9.